The lowest BCUT2D eigenvalue weighted by molar-refractivity contribution is 0.0364. The van der Waals surface area contributed by atoms with Crippen LogP contribution in [0, 0.1) is 0 Å². The number of fused-ring (bicyclic) bond motifs is 1. The van der Waals surface area contributed by atoms with Crippen LogP contribution in [0.5, 0.6) is 0 Å². The molecule has 1 atom stereocenters. The van der Waals surface area contributed by atoms with Gasteiger partial charge < -0.3 is 4.74 Å². The van der Waals surface area contributed by atoms with Crippen LogP contribution in [0.3, 0.4) is 0 Å². The van der Waals surface area contributed by atoms with Crippen LogP contribution in [0.2, 0.25) is 0 Å². The summed E-state index contributed by atoms with van der Waals surface area (Å²) < 4.78 is 5.35. The van der Waals surface area contributed by atoms with Crippen molar-refractivity contribution >= 4 is 11.8 Å². The minimum absolute atomic E-state index is 0.137. The second kappa shape index (κ2) is 4.67. The highest BCUT2D eigenvalue weighted by molar-refractivity contribution is 6.21. The molecule has 17 heavy (non-hydrogen) atoms. The summed E-state index contributed by atoms with van der Waals surface area (Å²) in [5, 5.41) is 0. The summed E-state index contributed by atoms with van der Waals surface area (Å²) in [7, 11) is 0. The maximum Gasteiger partial charge on any atom is 0.261 e. The highest BCUT2D eigenvalue weighted by Gasteiger charge is 2.35. The zero-order chi connectivity index (χ0) is 12.4. The molecule has 4 nitrogen and oxygen atoms in total. The SMILES string of the molecule is CCOC(C)CN1C(=O)c2ccccc2C1=O. The fraction of sp³-hybridized carbons (Fsp3) is 0.385. The number of carbonyl (C=O) groups excluding carboxylic acids is 2. The molecule has 0 aromatic heterocycles. The fourth-order valence-electron chi connectivity index (χ4n) is 2.00. The maximum atomic E-state index is 12.0. The molecule has 2 rings (SSSR count). The number of hydrogen-bond acceptors (Lipinski definition) is 3. The Morgan fingerprint density at radius 2 is 1.71 bits per heavy atom. The quantitative estimate of drug-likeness (QED) is 0.744. The lowest BCUT2D eigenvalue weighted by Gasteiger charge is -2.18. The van der Waals surface area contributed by atoms with Crippen molar-refractivity contribution in [3.8, 4) is 0 Å². The fourth-order valence-corrected chi connectivity index (χ4v) is 2.00. The highest BCUT2D eigenvalue weighted by atomic mass is 16.5. The zero-order valence-corrected chi connectivity index (χ0v) is 9.97. The number of carbonyl (C=O) groups is 2. The van der Waals surface area contributed by atoms with E-state index in [1.54, 1.807) is 24.3 Å². The van der Waals surface area contributed by atoms with Crippen LogP contribution in [0.25, 0.3) is 0 Å². The number of imide groups is 1. The number of rotatable bonds is 4. The van der Waals surface area contributed by atoms with Crippen molar-refractivity contribution in [1.29, 1.82) is 0 Å². The Bertz CT molecular complexity index is 421. The standard InChI is InChI=1S/C13H15NO3/c1-3-17-9(2)8-14-12(15)10-6-4-5-7-11(10)13(14)16/h4-7,9H,3,8H2,1-2H3. The maximum absolute atomic E-state index is 12.0. The molecule has 1 heterocycles. The molecule has 0 fully saturated rings. The van der Waals surface area contributed by atoms with E-state index in [2.05, 4.69) is 0 Å². The number of amides is 2. The molecule has 4 heteroatoms. The smallest absolute Gasteiger partial charge is 0.261 e. The summed E-state index contributed by atoms with van der Waals surface area (Å²) >= 11 is 0. The first-order valence-corrected chi connectivity index (χ1v) is 5.72. The van der Waals surface area contributed by atoms with Crippen LogP contribution < -0.4 is 0 Å². The summed E-state index contributed by atoms with van der Waals surface area (Å²) in [4.78, 5) is 25.2. The van der Waals surface area contributed by atoms with E-state index in [0.717, 1.165) is 0 Å². The molecule has 90 valence electrons. The van der Waals surface area contributed by atoms with Gasteiger partial charge in [0.2, 0.25) is 0 Å². The van der Waals surface area contributed by atoms with Gasteiger partial charge in [-0.25, -0.2) is 0 Å². The van der Waals surface area contributed by atoms with Gasteiger partial charge in [0.1, 0.15) is 0 Å². The molecule has 0 aliphatic carbocycles. The largest absolute Gasteiger partial charge is 0.377 e. The molecule has 1 aromatic rings. The Labute approximate surface area is 100 Å². The molecule has 1 unspecified atom stereocenters. The van der Waals surface area contributed by atoms with Gasteiger partial charge in [0.25, 0.3) is 11.8 Å². The normalized spacial score (nSPS) is 16.2. The number of ether oxygens (including phenoxy) is 1. The Hall–Kier alpha value is -1.68. The summed E-state index contributed by atoms with van der Waals surface area (Å²) in [5.74, 6) is -0.450. The summed E-state index contributed by atoms with van der Waals surface area (Å²) in [6, 6.07) is 6.89. The van der Waals surface area contributed by atoms with Gasteiger partial charge in [0.15, 0.2) is 0 Å². The summed E-state index contributed by atoms with van der Waals surface area (Å²) in [5.41, 5.74) is 0.974. The molecule has 0 radical (unpaired) electrons. The molecule has 1 aliphatic rings. The van der Waals surface area contributed by atoms with Gasteiger partial charge in [0, 0.05) is 6.61 Å². The van der Waals surface area contributed by atoms with E-state index in [9.17, 15) is 9.59 Å². The third-order valence-electron chi connectivity index (χ3n) is 2.77. The topological polar surface area (TPSA) is 46.6 Å². The Balaban J connectivity index is 2.19. The van der Waals surface area contributed by atoms with Gasteiger partial charge in [-0.2, -0.15) is 0 Å². The molecule has 0 bridgehead atoms. The third kappa shape index (κ3) is 2.08. The van der Waals surface area contributed by atoms with Gasteiger partial charge in [-0.05, 0) is 26.0 Å². The monoisotopic (exact) mass is 233 g/mol. The molecular formula is C13H15NO3. The van der Waals surface area contributed by atoms with E-state index in [1.807, 2.05) is 13.8 Å². The summed E-state index contributed by atoms with van der Waals surface area (Å²) in [6.45, 7) is 4.62. The van der Waals surface area contributed by atoms with Crippen LogP contribution in [0.4, 0.5) is 0 Å². The average molecular weight is 233 g/mol. The molecule has 1 aliphatic heterocycles. The van der Waals surface area contributed by atoms with Crippen molar-refractivity contribution in [2.24, 2.45) is 0 Å². The lowest BCUT2D eigenvalue weighted by Crippen LogP contribution is -2.36. The molecule has 0 spiro atoms. The van der Waals surface area contributed by atoms with Crippen molar-refractivity contribution in [3.05, 3.63) is 35.4 Å². The van der Waals surface area contributed by atoms with Crippen molar-refractivity contribution < 1.29 is 14.3 Å². The van der Waals surface area contributed by atoms with Crippen LogP contribution in [-0.4, -0.2) is 36.0 Å². The predicted octanol–water partition coefficient (Wildman–Crippen LogP) is 1.71. The van der Waals surface area contributed by atoms with Gasteiger partial charge in [-0.3, -0.25) is 14.5 Å². The minimum Gasteiger partial charge on any atom is -0.377 e. The first-order valence-electron chi connectivity index (χ1n) is 5.72. The van der Waals surface area contributed by atoms with Gasteiger partial charge in [0.05, 0.1) is 23.8 Å². The summed E-state index contributed by atoms with van der Waals surface area (Å²) in [6.07, 6.45) is -0.137. The van der Waals surface area contributed by atoms with Crippen molar-refractivity contribution in [2.75, 3.05) is 13.2 Å². The first-order chi connectivity index (χ1) is 8.15. The van der Waals surface area contributed by atoms with E-state index in [0.29, 0.717) is 24.3 Å². The van der Waals surface area contributed by atoms with E-state index in [4.69, 9.17) is 4.74 Å². The Kier molecular flexibility index (Phi) is 3.24. The van der Waals surface area contributed by atoms with Crippen molar-refractivity contribution in [3.63, 3.8) is 0 Å². The first kappa shape index (κ1) is 11.8. The lowest BCUT2D eigenvalue weighted by atomic mass is 10.1. The molecular weight excluding hydrogens is 218 g/mol. The van der Waals surface area contributed by atoms with Gasteiger partial charge >= 0.3 is 0 Å². The Morgan fingerprint density at radius 3 is 2.18 bits per heavy atom. The molecule has 1 aromatic carbocycles. The molecule has 2 amide bonds. The van der Waals surface area contributed by atoms with Crippen molar-refractivity contribution in [1.82, 2.24) is 4.90 Å². The minimum atomic E-state index is -0.225. The number of nitrogens with zero attached hydrogens (tertiary/aromatic N) is 1. The van der Waals surface area contributed by atoms with Crippen LogP contribution >= 0.6 is 0 Å². The van der Waals surface area contributed by atoms with Gasteiger partial charge in [-0.1, -0.05) is 12.1 Å². The Morgan fingerprint density at radius 1 is 1.18 bits per heavy atom. The molecule has 0 saturated carbocycles. The second-order valence-corrected chi connectivity index (χ2v) is 4.03. The van der Waals surface area contributed by atoms with E-state index < -0.39 is 0 Å². The van der Waals surface area contributed by atoms with E-state index in [-0.39, 0.29) is 17.9 Å². The average Bonchev–Trinajstić information content (AvgIpc) is 2.56. The number of hydrogen-bond donors (Lipinski definition) is 0. The second-order valence-electron chi connectivity index (χ2n) is 4.03. The van der Waals surface area contributed by atoms with E-state index >= 15 is 0 Å². The highest BCUT2D eigenvalue weighted by Crippen LogP contribution is 2.22. The predicted molar refractivity (Wildman–Crippen MR) is 62.9 cm³/mol. The van der Waals surface area contributed by atoms with E-state index in [1.165, 1.54) is 4.90 Å². The van der Waals surface area contributed by atoms with Crippen molar-refractivity contribution in [2.45, 2.75) is 20.0 Å². The molecule has 0 saturated heterocycles. The van der Waals surface area contributed by atoms with Crippen LogP contribution in [0.15, 0.2) is 24.3 Å². The third-order valence-corrected chi connectivity index (χ3v) is 2.77. The van der Waals surface area contributed by atoms with Gasteiger partial charge in [-0.15, -0.1) is 0 Å². The molecule has 0 N–H and O–H groups in total. The zero-order valence-electron chi connectivity index (χ0n) is 9.97. The van der Waals surface area contributed by atoms with Crippen LogP contribution in [0.1, 0.15) is 34.6 Å². The number of benzene rings is 1. The van der Waals surface area contributed by atoms with Crippen LogP contribution in [-0.2, 0) is 4.74 Å².